The highest BCUT2D eigenvalue weighted by Crippen LogP contribution is 2.39. The number of nitrogens with one attached hydrogen (secondary N) is 1. The number of aliphatic imine (C=N–C) groups is 1. The SMILES string of the molecule is C/C=C\C(=NC)C(C)C1=C(CCNC)Cc2ccccc21. The van der Waals surface area contributed by atoms with Gasteiger partial charge < -0.3 is 5.32 Å². The molecule has 2 rings (SSSR count). The largest absolute Gasteiger partial charge is 0.319 e. The van der Waals surface area contributed by atoms with Crippen LogP contribution in [0.5, 0.6) is 0 Å². The van der Waals surface area contributed by atoms with Crippen LogP contribution in [-0.4, -0.2) is 26.4 Å². The van der Waals surface area contributed by atoms with E-state index in [1.54, 1.807) is 5.57 Å². The molecule has 21 heavy (non-hydrogen) atoms. The summed E-state index contributed by atoms with van der Waals surface area (Å²) in [5.74, 6) is 0.349. The molecule has 0 fully saturated rings. The molecule has 1 aliphatic carbocycles. The van der Waals surface area contributed by atoms with E-state index >= 15 is 0 Å². The van der Waals surface area contributed by atoms with Crippen molar-refractivity contribution < 1.29 is 0 Å². The van der Waals surface area contributed by atoms with Crippen molar-refractivity contribution in [2.45, 2.75) is 26.7 Å². The second-order valence-electron chi connectivity index (χ2n) is 5.57. The molecule has 1 atom stereocenters. The second-order valence-corrected chi connectivity index (χ2v) is 5.57. The number of hydrogen-bond donors (Lipinski definition) is 1. The molecule has 1 unspecified atom stereocenters. The van der Waals surface area contributed by atoms with Gasteiger partial charge in [-0.25, -0.2) is 0 Å². The minimum Gasteiger partial charge on any atom is -0.319 e. The third kappa shape index (κ3) is 3.33. The monoisotopic (exact) mass is 282 g/mol. The third-order valence-electron chi connectivity index (χ3n) is 4.24. The summed E-state index contributed by atoms with van der Waals surface area (Å²) in [7, 11) is 3.91. The first-order chi connectivity index (χ1) is 10.2. The van der Waals surface area contributed by atoms with Crippen LogP contribution in [-0.2, 0) is 6.42 Å². The number of nitrogens with zero attached hydrogens (tertiary/aromatic N) is 1. The molecule has 0 aromatic heterocycles. The molecule has 1 aliphatic rings. The Kier molecular flexibility index (Phi) is 5.51. The lowest BCUT2D eigenvalue weighted by Crippen LogP contribution is -2.13. The van der Waals surface area contributed by atoms with E-state index in [-0.39, 0.29) is 0 Å². The van der Waals surface area contributed by atoms with E-state index in [9.17, 15) is 0 Å². The maximum Gasteiger partial charge on any atom is 0.0413 e. The molecule has 0 amide bonds. The summed E-state index contributed by atoms with van der Waals surface area (Å²) in [5.41, 5.74) is 7.08. The second kappa shape index (κ2) is 7.37. The maximum atomic E-state index is 4.49. The van der Waals surface area contributed by atoms with Gasteiger partial charge in [-0.1, -0.05) is 42.8 Å². The van der Waals surface area contributed by atoms with Crippen molar-refractivity contribution in [3.05, 3.63) is 53.1 Å². The standard InChI is InChI=1S/C19H26N2/c1-5-8-18(21-4)14(2)19-16(11-12-20-3)13-15-9-6-7-10-17(15)19/h5-10,14,20H,11-13H2,1-4H3/b8-5-,21-18?. The minimum atomic E-state index is 0.349. The van der Waals surface area contributed by atoms with Gasteiger partial charge in [0.25, 0.3) is 0 Å². The van der Waals surface area contributed by atoms with Crippen molar-refractivity contribution >= 4 is 11.3 Å². The van der Waals surface area contributed by atoms with Gasteiger partial charge in [0.05, 0.1) is 0 Å². The number of fused-ring (bicyclic) bond motifs is 1. The molecule has 2 heteroatoms. The topological polar surface area (TPSA) is 24.4 Å². The van der Waals surface area contributed by atoms with Gasteiger partial charge in [-0.2, -0.15) is 0 Å². The fraction of sp³-hybridized carbons (Fsp3) is 0.421. The van der Waals surface area contributed by atoms with Crippen LogP contribution >= 0.6 is 0 Å². The van der Waals surface area contributed by atoms with Gasteiger partial charge in [0.2, 0.25) is 0 Å². The van der Waals surface area contributed by atoms with Crippen LogP contribution in [0, 0.1) is 5.92 Å². The Bertz CT molecular complexity index is 579. The van der Waals surface area contributed by atoms with Crippen molar-refractivity contribution in [2.75, 3.05) is 20.6 Å². The number of hydrogen-bond acceptors (Lipinski definition) is 2. The van der Waals surface area contributed by atoms with E-state index in [0.29, 0.717) is 5.92 Å². The highest BCUT2D eigenvalue weighted by atomic mass is 14.8. The molecular formula is C19H26N2. The molecule has 1 aromatic carbocycles. The van der Waals surface area contributed by atoms with Crippen LogP contribution in [0.25, 0.3) is 5.57 Å². The average Bonchev–Trinajstić information content (AvgIpc) is 2.88. The average molecular weight is 282 g/mol. The van der Waals surface area contributed by atoms with Crippen LogP contribution < -0.4 is 5.32 Å². The molecule has 1 N–H and O–H groups in total. The van der Waals surface area contributed by atoms with Gasteiger partial charge in [0.15, 0.2) is 0 Å². The van der Waals surface area contributed by atoms with Crippen LogP contribution in [0.1, 0.15) is 31.4 Å². The fourth-order valence-corrected chi connectivity index (χ4v) is 3.22. The smallest absolute Gasteiger partial charge is 0.0413 e. The lowest BCUT2D eigenvalue weighted by molar-refractivity contribution is 0.774. The van der Waals surface area contributed by atoms with Gasteiger partial charge in [0, 0.05) is 18.7 Å². The molecule has 2 nitrogen and oxygen atoms in total. The van der Waals surface area contributed by atoms with E-state index in [1.807, 2.05) is 14.1 Å². The first kappa shape index (κ1) is 15.7. The lowest BCUT2D eigenvalue weighted by atomic mass is 9.88. The summed E-state index contributed by atoms with van der Waals surface area (Å²) in [5, 5.41) is 3.27. The molecule has 0 bridgehead atoms. The summed E-state index contributed by atoms with van der Waals surface area (Å²) in [6.45, 7) is 5.36. The number of rotatable bonds is 6. The van der Waals surface area contributed by atoms with Crippen LogP contribution in [0.15, 0.2) is 47.0 Å². The zero-order valence-electron chi connectivity index (χ0n) is 13.6. The van der Waals surface area contributed by atoms with Gasteiger partial charge in [-0.3, -0.25) is 4.99 Å². The van der Waals surface area contributed by atoms with Gasteiger partial charge in [0.1, 0.15) is 0 Å². The number of benzene rings is 1. The zero-order valence-corrected chi connectivity index (χ0v) is 13.6. The van der Waals surface area contributed by atoms with E-state index in [1.165, 1.54) is 16.7 Å². The number of allylic oxidation sites excluding steroid dienone is 3. The van der Waals surface area contributed by atoms with Crippen LogP contribution in [0.3, 0.4) is 0 Å². The molecular weight excluding hydrogens is 256 g/mol. The predicted octanol–water partition coefficient (Wildman–Crippen LogP) is 3.89. The summed E-state index contributed by atoms with van der Waals surface area (Å²) >= 11 is 0. The quantitative estimate of drug-likeness (QED) is 0.787. The lowest BCUT2D eigenvalue weighted by Gasteiger charge is -2.17. The molecule has 0 aliphatic heterocycles. The highest BCUT2D eigenvalue weighted by molar-refractivity contribution is 6.05. The van der Waals surface area contributed by atoms with Gasteiger partial charge >= 0.3 is 0 Å². The van der Waals surface area contributed by atoms with E-state index in [4.69, 9.17) is 0 Å². The van der Waals surface area contributed by atoms with Crippen molar-refractivity contribution in [1.29, 1.82) is 0 Å². The molecule has 0 heterocycles. The first-order valence-electron chi connectivity index (χ1n) is 7.77. The normalized spacial score (nSPS) is 16.7. The molecule has 0 radical (unpaired) electrons. The molecule has 0 saturated heterocycles. The van der Waals surface area contributed by atoms with Crippen LogP contribution in [0.2, 0.25) is 0 Å². The summed E-state index contributed by atoms with van der Waals surface area (Å²) < 4.78 is 0. The molecule has 112 valence electrons. The van der Waals surface area contributed by atoms with Crippen molar-refractivity contribution in [3.63, 3.8) is 0 Å². The van der Waals surface area contributed by atoms with Gasteiger partial charge in [-0.05, 0) is 56.1 Å². The Balaban J connectivity index is 2.42. The first-order valence-corrected chi connectivity index (χ1v) is 7.77. The molecule has 0 spiro atoms. The Morgan fingerprint density at radius 1 is 1.38 bits per heavy atom. The summed E-state index contributed by atoms with van der Waals surface area (Å²) in [6, 6.07) is 8.80. The van der Waals surface area contributed by atoms with Gasteiger partial charge in [-0.15, -0.1) is 0 Å². The zero-order chi connectivity index (χ0) is 15.2. The van der Waals surface area contributed by atoms with E-state index in [2.05, 4.69) is 60.6 Å². The van der Waals surface area contributed by atoms with Crippen LogP contribution in [0.4, 0.5) is 0 Å². The van der Waals surface area contributed by atoms with Crippen molar-refractivity contribution in [1.82, 2.24) is 5.32 Å². The summed E-state index contributed by atoms with van der Waals surface area (Å²) in [4.78, 5) is 4.49. The predicted molar refractivity (Wildman–Crippen MR) is 92.9 cm³/mol. The van der Waals surface area contributed by atoms with E-state index < -0.39 is 0 Å². The molecule has 1 aromatic rings. The Labute approximate surface area is 128 Å². The highest BCUT2D eigenvalue weighted by Gasteiger charge is 2.26. The van der Waals surface area contributed by atoms with Crippen molar-refractivity contribution in [2.24, 2.45) is 10.9 Å². The minimum absolute atomic E-state index is 0.349. The third-order valence-corrected chi connectivity index (χ3v) is 4.24. The van der Waals surface area contributed by atoms with Crippen molar-refractivity contribution in [3.8, 4) is 0 Å². The Morgan fingerprint density at radius 2 is 2.14 bits per heavy atom. The Hall–Kier alpha value is -1.67. The molecule has 0 saturated carbocycles. The van der Waals surface area contributed by atoms with E-state index in [0.717, 1.165) is 25.1 Å². The summed E-state index contributed by atoms with van der Waals surface area (Å²) in [6.07, 6.45) is 6.41. The fourth-order valence-electron chi connectivity index (χ4n) is 3.22. The Morgan fingerprint density at radius 3 is 2.81 bits per heavy atom. The maximum absolute atomic E-state index is 4.49.